The molecule has 0 fully saturated rings. The molecule has 1 aliphatic heterocycles. The van der Waals surface area contributed by atoms with Crippen LogP contribution in [0.5, 0.6) is 11.5 Å². The minimum atomic E-state index is -0.127. The number of rotatable bonds is 5. The Morgan fingerprint density at radius 1 is 1.13 bits per heavy atom. The highest BCUT2D eigenvalue weighted by atomic mass is 16.6. The largest absolute Gasteiger partial charge is 0.486 e. The molecule has 4 aromatic rings. The van der Waals surface area contributed by atoms with Crippen LogP contribution in [0.25, 0.3) is 16.7 Å². The van der Waals surface area contributed by atoms with Crippen molar-refractivity contribution in [3.05, 3.63) is 82.3 Å². The van der Waals surface area contributed by atoms with Crippen LogP contribution in [0.3, 0.4) is 0 Å². The van der Waals surface area contributed by atoms with Gasteiger partial charge in [0.05, 0.1) is 11.4 Å². The molecule has 2 aromatic heterocycles. The molecular weight excluding hydrogens is 380 g/mol. The summed E-state index contributed by atoms with van der Waals surface area (Å²) in [5.74, 6) is 1.51. The molecule has 0 spiro atoms. The number of hydrogen-bond acceptors (Lipinski definition) is 5. The molecule has 0 saturated heterocycles. The van der Waals surface area contributed by atoms with Crippen LogP contribution in [0.2, 0.25) is 0 Å². The minimum Gasteiger partial charge on any atom is -0.486 e. The Labute approximate surface area is 173 Å². The van der Waals surface area contributed by atoms with Gasteiger partial charge in [-0.1, -0.05) is 30.3 Å². The van der Waals surface area contributed by atoms with Crippen molar-refractivity contribution in [1.29, 1.82) is 0 Å². The van der Waals surface area contributed by atoms with Gasteiger partial charge in [-0.2, -0.15) is 5.10 Å². The summed E-state index contributed by atoms with van der Waals surface area (Å²) in [4.78, 5) is 15.7. The van der Waals surface area contributed by atoms with Crippen molar-refractivity contribution in [2.75, 3.05) is 13.2 Å². The maximum atomic E-state index is 12.7. The van der Waals surface area contributed by atoms with Crippen molar-refractivity contribution < 1.29 is 9.47 Å². The fourth-order valence-electron chi connectivity index (χ4n) is 3.68. The fraction of sp³-hybridized carbons (Fsp3) is 0.217. The lowest BCUT2D eigenvalue weighted by atomic mass is 10.2. The first kappa shape index (κ1) is 18.4. The molecule has 0 saturated carbocycles. The van der Waals surface area contributed by atoms with E-state index in [0.29, 0.717) is 30.9 Å². The van der Waals surface area contributed by atoms with Crippen LogP contribution in [0, 0.1) is 6.92 Å². The second kappa shape index (κ2) is 7.68. The summed E-state index contributed by atoms with van der Waals surface area (Å²) in [7, 11) is 0. The topological polar surface area (TPSA) is 81.2 Å². The van der Waals surface area contributed by atoms with Crippen LogP contribution in [0.4, 0.5) is 0 Å². The zero-order valence-electron chi connectivity index (χ0n) is 16.6. The van der Waals surface area contributed by atoms with Crippen molar-refractivity contribution in [1.82, 2.24) is 20.1 Å². The number of benzene rings is 2. The first-order chi connectivity index (χ1) is 14.7. The lowest BCUT2D eigenvalue weighted by Gasteiger charge is -2.26. The number of ether oxygens (including phenoxy) is 2. The van der Waals surface area contributed by atoms with E-state index in [2.05, 4.69) is 15.4 Å². The Kier molecular flexibility index (Phi) is 4.72. The Balaban J connectivity index is 1.32. The van der Waals surface area contributed by atoms with Gasteiger partial charge in [0, 0.05) is 24.0 Å². The highest BCUT2D eigenvalue weighted by molar-refractivity contribution is 5.80. The molecule has 7 heteroatoms. The number of hydrogen-bond donors (Lipinski definition) is 2. The van der Waals surface area contributed by atoms with Gasteiger partial charge in [-0.25, -0.2) is 4.68 Å². The van der Waals surface area contributed by atoms with Gasteiger partial charge in [0.15, 0.2) is 11.5 Å². The lowest BCUT2D eigenvalue weighted by molar-refractivity contribution is 0.0902. The first-order valence-corrected chi connectivity index (χ1v) is 9.95. The summed E-state index contributed by atoms with van der Waals surface area (Å²) in [5, 5.41) is 8.85. The van der Waals surface area contributed by atoms with Crippen LogP contribution >= 0.6 is 0 Å². The van der Waals surface area contributed by atoms with Crippen molar-refractivity contribution in [2.45, 2.75) is 19.6 Å². The molecule has 1 atom stereocenters. The number of nitrogens with zero attached hydrogens (tertiary/aromatic N) is 2. The Morgan fingerprint density at radius 2 is 1.90 bits per heavy atom. The number of fused-ring (bicyclic) bond motifs is 2. The molecule has 152 valence electrons. The summed E-state index contributed by atoms with van der Waals surface area (Å²) in [6.45, 7) is 3.43. The number of aromatic amines is 1. The molecular formula is C23H22N4O3. The van der Waals surface area contributed by atoms with E-state index in [1.165, 1.54) is 0 Å². The minimum absolute atomic E-state index is 0.106. The van der Waals surface area contributed by atoms with E-state index >= 15 is 0 Å². The van der Waals surface area contributed by atoms with Crippen LogP contribution in [0.1, 0.15) is 11.3 Å². The maximum absolute atomic E-state index is 12.7. The van der Waals surface area contributed by atoms with Gasteiger partial charge in [0.1, 0.15) is 18.4 Å². The zero-order valence-corrected chi connectivity index (χ0v) is 16.6. The second-order valence-corrected chi connectivity index (χ2v) is 7.35. The average Bonchev–Trinajstić information content (AvgIpc) is 3.10. The summed E-state index contributed by atoms with van der Waals surface area (Å²) in [6.07, 6.45) is -0.106. The number of aromatic nitrogens is 3. The molecule has 2 aromatic carbocycles. The van der Waals surface area contributed by atoms with E-state index in [-0.39, 0.29) is 11.7 Å². The highest BCUT2D eigenvalue weighted by Crippen LogP contribution is 2.30. The average molecular weight is 402 g/mol. The van der Waals surface area contributed by atoms with Crippen LogP contribution in [-0.4, -0.2) is 34.0 Å². The van der Waals surface area contributed by atoms with E-state index in [4.69, 9.17) is 9.47 Å². The smallest absolute Gasteiger partial charge is 0.254 e. The van der Waals surface area contributed by atoms with Crippen LogP contribution in [-0.2, 0) is 6.54 Å². The third kappa shape index (κ3) is 3.44. The van der Waals surface area contributed by atoms with Gasteiger partial charge in [0.25, 0.3) is 5.56 Å². The number of H-pyrrole nitrogens is 1. The Morgan fingerprint density at radius 3 is 2.73 bits per heavy atom. The maximum Gasteiger partial charge on any atom is 0.254 e. The zero-order chi connectivity index (χ0) is 20.5. The summed E-state index contributed by atoms with van der Waals surface area (Å²) in [5.41, 5.74) is 3.01. The van der Waals surface area contributed by atoms with Crippen molar-refractivity contribution in [3.8, 4) is 17.2 Å². The van der Waals surface area contributed by atoms with E-state index in [1.807, 2.05) is 67.6 Å². The van der Waals surface area contributed by atoms with E-state index in [1.54, 1.807) is 4.68 Å². The normalized spacial score (nSPS) is 15.4. The van der Waals surface area contributed by atoms with Gasteiger partial charge in [-0.05, 0) is 37.3 Å². The second-order valence-electron chi connectivity index (χ2n) is 7.35. The molecule has 0 bridgehead atoms. The van der Waals surface area contributed by atoms with Crippen molar-refractivity contribution >= 4 is 11.0 Å². The Bertz CT molecular complexity index is 1250. The molecule has 7 nitrogen and oxygen atoms in total. The van der Waals surface area contributed by atoms with Crippen molar-refractivity contribution in [2.24, 2.45) is 0 Å². The molecule has 5 rings (SSSR count). The molecule has 30 heavy (non-hydrogen) atoms. The molecule has 0 radical (unpaired) electrons. The molecule has 2 N–H and O–H groups in total. The van der Waals surface area contributed by atoms with E-state index in [9.17, 15) is 4.79 Å². The quantitative estimate of drug-likeness (QED) is 0.536. The molecule has 3 heterocycles. The van der Waals surface area contributed by atoms with Crippen LogP contribution in [0.15, 0.2) is 65.5 Å². The predicted molar refractivity (Wildman–Crippen MR) is 114 cm³/mol. The van der Waals surface area contributed by atoms with Gasteiger partial charge in [-0.3, -0.25) is 4.79 Å². The predicted octanol–water partition coefficient (Wildman–Crippen LogP) is 2.95. The molecule has 1 unspecified atom stereocenters. The van der Waals surface area contributed by atoms with Crippen molar-refractivity contribution in [3.63, 3.8) is 0 Å². The molecule has 1 aliphatic rings. The van der Waals surface area contributed by atoms with E-state index in [0.717, 1.165) is 28.3 Å². The third-order valence-corrected chi connectivity index (χ3v) is 5.20. The van der Waals surface area contributed by atoms with Gasteiger partial charge in [0.2, 0.25) is 0 Å². The lowest BCUT2D eigenvalue weighted by Crippen LogP contribution is -2.38. The number of aryl methyl sites for hydroxylation is 1. The third-order valence-electron chi connectivity index (χ3n) is 5.20. The van der Waals surface area contributed by atoms with Gasteiger partial charge in [-0.15, -0.1) is 0 Å². The summed E-state index contributed by atoms with van der Waals surface area (Å²) < 4.78 is 13.5. The number of nitrogens with one attached hydrogen (secondary N) is 2. The molecule has 0 amide bonds. The number of pyridine rings is 1. The van der Waals surface area contributed by atoms with Gasteiger partial charge >= 0.3 is 0 Å². The fourth-order valence-corrected chi connectivity index (χ4v) is 3.68. The monoisotopic (exact) mass is 402 g/mol. The molecule has 0 aliphatic carbocycles. The van der Waals surface area contributed by atoms with Gasteiger partial charge < -0.3 is 19.8 Å². The first-order valence-electron chi connectivity index (χ1n) is 9.95. The SMILES string of the molecule is Cc1nn(-c2ccccc2)c2[nH]c(=O)c(CNCC3COc4ccccc4O3)cc12. The summed E-state index contributed by atoms with van der Waals surface area (Å²) in [6, 6.07) is 19.3. The Hall–Kier alpha value is -3.58. The highest BCUT2D eigenvalue weighted by Gasteiger charge is 2.20. The van der Waals surface area contributed by atoms with E-state index < -0.39 is 0 Å². The summed E-state index contributed by atoms with van der Waals surface area (Å²) >= 11 is 0. The standard InChI is InChI=1S/C23H22N4O3/c1-15-19-11-16(12-24-13-18-14-29-20-9-5-6-10-21(20)30-18)23(28)25-22(19)27(26-15)17-7-3-2-4-8-17/h2-11,18,24H,12-14H2,1H3,(H,25,28). The number of para-hydroxylation sites is 3. The van der Waals surface area contributed by atoms with Crippen LogP contribution < -0.4 is 20.3 Å².